The maximum atomic E-state index is 11.9. The molecule has 0 unspecified atom stereocenters. The molecule has 0 radical (unpaired) electrons. The van der Waals surface area contributed by atoms with Crippen molar-refractivity contribution in [3.63, 3.8) is 0 Å². The molecule has 7 nitrogen and oxygen atoms in total. The third-order valence-corrected chi connectivity index (χ3v) is 3.20. The first-order valence-corrected chi connectivity index (χ1v) is 6.47. The van der Waals surface area contributed by atoms with Crippen LogP contribution in [0.4, 0.5) is 0 Å². The number of nitrogens with two attached hydrogens (primary N) is 2. The van der Waals surface area contributed by atoms with Crippen molar-refractivity contribution in [2.45, 2.75) is 26.3 Å². The Balaban J connectivity index is 2.59. The number of nitrogens with one attached hydrogen (secondary N) is 1. The van der Waals surface area contributed by atoms with Gasteiger partial charge in [0, 0.05) is 6.54 Å². The van der Waals surface area contributed by atoms with Crippen molar-refractivity contribution in [1.82, 2.24) is 5.32 Å². The highest BCUT2D eigenvalue weighted by molar-refractivity contribution is 5.84. The smallest absolute Gasteiger partial charge is 0.237 e. The van der Waals surface area contributed by atoms with E-state index in [1.54, 1.807) is 19.9 Å². The zero-order chi connectivity index (χ0) is 16.2. The number of phenolic OH excluding ortho intramolecular Hbond substituents is 2. The van der Waals surface area contributed by atoms with Gasteiger partial charge in [0.1, 0.15) is 0 Å². The summed E-state index contributed by atoms with van der Waals surface area (Å²) in [4.78, 5) is 23.0. The van der Waals surface area contributed by atoms with Crippen LogP contribution in [0.3, 0.4) is 0 Å². The van der Waals surface area contributed by atoms with Crippen LogP contribution in [0.15, 0.2) is 18.2 Å². The monoisotopic (exact) mass is 295 g/mol. The van der Waals surface area contributed by atoms with E-state index in [-0.39, 0.29) is 24.5 Å². The van der Waals surface area contributed by atoms with E-state index >= 15 is 0 Å². The second-order valence-corrected chi connectivity index (χ2v) is 5.60. The normalized spacial score (nSPS) is 12.7. The molecule has 1 aromatic rings. The first kappa shape index (κ1) is 16.8. The standard InChI is InChI=1S/C14H21N3O4/c1-14(2,13(16)21)7-17-12(20)9(15)5-8-3-4-10(18)11(19)6-8/h3-4,6,9,18-19H,5,7,15H2,1-2H3,(H2,16,21)(H,17,20)/t9-/m0/s1. The molecular formula is C14H21N3O4. The number of rotatable bonds is 6. The van der Waals surface area contributed by atoms with E-state index in [0.717, 1.165) is 0 Å². The fraction of sp³-hybridized carbons (Fsp3) is 0.429. The van der Waals surface area contributed by atoms with Crippen LogP contribution in [0, 0.1) is 5.41 Å². The molecule has 1 aromatic carbocycles. The number of carbonyl (C=O) groups excluding carboxylic acids is 2. The minimum absolute atomic E-state index is 0.0930. The SMILES string of the molecule is CC(C)(CNC(=O)[C@@H](N)Cc1ccc(O)c(O)c1)C(N)=O. The summed E-state index contributed by atoms with van der Waals surface area (Å²) < 4.78 is 0. The van der Waals surface area contributed by atoms with Crippen molar-refractivity contribution in [1.29, 1.82) is 0 Å². The van der Waals surface area contributed by atoms with Crippen molar-refractivity contribution in [2.75, 3.05) is 6.54 Å². The summed E-state index contributed by atoms with van der Waals surface area (Å²) in [5, 5.41) is 21.2. The van der Waals surface area contributed by atoms with Gasteiger partial charge in [-0.25, -0.2) is 0 Å². The first-order chi connectivity index (χ1) is 9.63. The zero-order valence-corrected chi connectivity index (χ0v) is 12.1. The second-order valence-electron chi connectivity index (χ2n) is 5.60. The largest absolute Gasteiger partial charge is 0.504 e. The van der Waals surface area contributed by atoms with E-state index in [1.807, 2.05) is 0 Å². The van der Waals surface area contributed by atoms with Crippen LogP contribution >= 0.6 is 0 Å². The Kier molecular flexibility index (Phi) is 5.15. The zero-order valence-electron chi connectivity index (χ0n) is 12.1. The molecule has 1 rings (SSSR count). The van der Waals surface area contributed by atoms with Crippen LogP contribution in [-0.4, -0.2) is 34.6 Å². The van der Waals surface area contributed by atoms with Crippen molar-refractivity contribution < 1.29 is 19.8 Å². The van der Waals surface area contributed by atoms with Gasteiger partial charge in [-0.2, -0.15) is 0 Å². The summed E-state index contributed by atoms with van der Waals surface area (Å²) in [5.41, 5.74) is 10.7. The average Bonchev–Trinajstić information content (AvgIpc) is 2.40. The van der Waals surface area contributed by atoms with E-state index < -0.39 is 23.3 Å². The summed E-state index contributed by atoms with van der Waals surface area (Å²) in [6.07, 6.45) is 0.191. The number of primary amides is 1. The van der Waals surface area contributed by atoms with E-state index in [1.165, 1.54) is 12.1 Å². The molecule has 0 bridgehead atoms. The van der Waals surface area contributed by atoms with E-state index in [2.05, 4.69) is 5.32 Å². The third kappa shape index (κ3) is 4.64. The fourth-order valence-electron chi connectivity index (χ4n) is 1.57. The molecule has 0 saturated heterocycles. The predicted octanol–water partition coefficient (Wildman–Crippen LogP) is -0.405. The van der Waals surface area contributed by atoms with Gasteiger partial charge in [-0.15, -0.1) is 0 Å². The molecule has 0 aliphatic heterocycles. The van der Waals surface area contributed by atoms with Crippen molar-refractivity contribution in [2.24, 2.45) is 16.9 Å². The lowest BCUT2D eigenvalue weighted by Gasteiger charge is -2.22. The number of phenols is 2. The van der Waals surface area contributed by atoms with Gasteiger partial charge < -0.3 is 27.0 Å². The predicted molar refractivity (Wildman–Crippen MR) is 77.4 cm³/mol. The number of benzene rings is 1. The van der Waals surface area contributed by atoms with Crippen molar-refractivity contribution >= 4 is 11.8 Å². The van der Waals surface area contributed by atoms with E-state index in [0.29, 0.717) is 5.56 Å². The Morgan fingerprint density at radius 2 is 1.90 bits per heavy atom. The van der Waals surface area contributed by atoms with Gasteiger partial charge in [0.2, 0.25) is 11.8 Å². The molecular weight excluding hydrogens is 274 g/mol. The Labute approximate surface area is 122 Å². The summed E-state index contributed by atoms with van der Waals surface area (Å²) >= 11 is 0. The Morgan fingerprint density at radius 3 is 2.43 bits per heavy atom. The minimum Gasteiger partial charge on any atom is -0.504 e. The van der Waals surface area contributed by atoms with Crippen LogP contribution in [0.5, 0.6) is 11.5 Å². The molecule has 0 aliphatic rings. The molecule has 0 heterocycles. The van der Waals surface area contributed by atoms with Crippen LogP contribution in [0.1, 0.15) is 19.4 Å². The number of amides is 2. The highest BCUT2D eigenvalue weighted by Gasteiger charge is 2.26. The van der Waals surface area contributed by atoms with Gasteiger partial charge in [0.15, 0.2) is 11.5 Å². The molecule has 7 heteroatoms. The highest BCUT2D eigenvalue weighted by atomic mass is 16.3. The maximum Gasteiger partial charge on any atom is 0.237 e. The molecule has 1 atom stereocenters. The molecule has 0 saturated carbocycles. The number of aromatic hydroxyl groups is 2. The van der Waals surface area contributed by atoms with Crippen LogP contribution < -0.4 is 16.8 Å². The van der Waals surface area contributed by atoms with Crippen LogP contribution in [-0.2, 0) is 16.0 Å². The van der Waals surface area contributed by atoms with E-state index in [9.17, 15) is 19.8 Å². The average molecular weight is 295 g/mol. The van der Waals surface area contributed by atoms with Crippen LogP contribution in [0.25, 0.3) is 0 Å². The fourth-order valence-corrected chi connectivity index (χ4v) is 1.57. The van der Waals surface area contributed by atoms with Gasteiger partial charge >= 0.3 is 0 Å². The third-order valence-electron chi connectivity index (χ3n) is 3.20. The Bertz CT molecular complexity index is 543. The molecule has 0 aliphatic carbocycles. The molecule has 2 amide bonds. The molecule has 21 heavy (non-hydrogen) atoms. The lowest BCUT2D eigenvalue weighted by Crippen LogP contribution is -2.48. The molecule has 0 fully saturated rings. The van der Waals surface area contributed by atoms with Gasteiger partial charge in [0.05, 0.1) is 11.5 Å². The van der Waals surface area contributed by atoms with E-state index in [4.69, 9.17) is 11.5 Å². The molecule has 7 N–H and O–H groups in total. The second kappa shape index (κ2) is 6.45. The maximum absolute atomic E-state index is 11.9. The molecule has 0 aromatic heterocycles. The Morgan fingerprint density at radius 1 is 1.29 bits per heavy atom. The topological polar surface area (TPSA) is 139 Å². The lowest BCUT2D eigenvalue weighted by molar-refractivity contribution is -0.127. The minimum atomic E-state index is -0.855. The number of hydrogen-bond acceptors (Lipinski definition) is 5. The van der Waals surface area contributed by atoms with Gasteiger partial charge in [-0.05, 0) is 38.0 Å². The lowest BCUT2D eigenvalue weighted by atomic mass is 9.92. The number of carbonyl (C=O) groups is 2. The summed E-state index contributed by atoms with van der Waals surface area (Å²) in [5.74, 6) is -1.44. The van der Waals surface area contributed by atoms with Gasteiger partial charge in [-0.1, -0.05) is 6.07 Å². The van der Waals surface area contributed by atoms with Crippen LogP contribution in [0.2, 0.25) is 0 Å². The summed E-state index contributed by atoms with van der Waals surface area (Å²) in [7, 11) is 0. The molecule has 0 spiro atoms. The van der Waals surface area contributed by atoms with Crippen molar-refractivity contribution in [3.05, 3.63) is 23.8 Å². The highest BCUT2D eigenvalue weighted by Crippen LogP contribution is 2.25. The molecule has 116 valence electrons. The number of hydrogen-bond donors (Lipinski definition) is 5. The Hall–Kier alpha value is -2.28. The summed E-state index contributed by atoms with van der Waals surface area (Å²) in [6.45, 7) is 3.34. The summed E-state index contributed by atoms with van der Waals surface area (Å²) in [6, 6.07) is 3.40. The first-order valence-electron chi connectivity index (χ1n) is 6.47. The van der Waals surface area contributed by atoms with Gasteiger partial charge in [-0.3, -0.25) is 9.59 Å². The van der Waals surface area contributed by atoms with Gasteiger partial charge in [0.25, 0.3) is 0 Å². The quantitative estimate of drug-likeness (QED) is 0.454. The van der Waals surface area contributed by atoms with Crippen molar-refractivity contribution in [3.8, 4) is 11.5 Å².